The minimum atomic E-state index is -0.471. The molecule has 0 saturated carbocycles. The molecule has 0 aliphatic carbocycles. The maximum absolute atomic E-state index is 12.9. The van der Waals surface area contributed by atoms with E-state index in [4.69, 9.17) is 21.4 Å². The van der Waals surface area contributed by atoms with Crippen LogP contribution < -0.4 is 10.9 Å². The molecule has 8 heteroatoms. The van der Waals surface area contributed by atoms with Gasteiger partial charge in [-0.25, -0.2) is 4.79 Å². The Balaban J connectivity index is 1.66. The Kier molecular flexibility index (Phi) is 7.08. The van der Waals surface area contributed by atoms with E-state index in [1.54, 1.807) is 36.6 Å². The number of thiocarbonyl (C=S) groups is 1. The number of hydrogen-bond acceptors (Lipinski definition) is 5. The average molecular weight is 476 g/mol. The molecule has 0 atom stereocenters. The number of aryl methyl sites for hydroxylation is 1. The van der Waals surface area contributed by atoms with Crippen LogP contribution in [0.5, 0.6) is 0 Å². The van der Waals surface area contributed by atoms with Crippen molar-refractivity contribution in [3.8, 4) is 0 Å². The number of benzene rings is 2. The fourth-order valence-corrected chi connectivity index (χ4v) is 3.95. The van der Waals surface area contributed by atoms with Gasteiger partial charge in [0.15, 0.2) is 5.11 Å². The van der Waals surface area contributed by atoms with Crippen molar-refractivity contribution in [1.29, 1.82) is 0 Å². The number of anilines is 1. The van der Waals surface area contributed by atoms with E-state index >= 15 is 0 Å². The van der Waals surface area contributed by atoms with Crippen molar-refractivity contribution in [2.75, 3.05) is 12.4 Å². The van der Waals surface area contributed by atoms with Crippen molar-refractivity contribution < 1.29 is 13.9 Å². The van der Waals surface area contributed by atoms with Crippen LogP contribution in [0, 0.1) is 0 Å². The average Bonchev–Trinajstić information content (AvgIpc) is 3.36. The highest BCUT2D eigenvalue weighted by Crippen LogP contribution is 2.20. The lowest BCUT2D eigenvalue weighted by molar-refractivity contribution is 0.0602. The lowest BCUT2D eigenvalue weighted by Crippen LogP contribution is -2.35. The van der Waals surface area contributed by atoms with Crippen LogP contribution in [-0.2, 0) is 24.2 Å². The summed E-state index contributed by atoms with van der Waals surface area (Å²) in [4.78, 5) is 29.8. The second kappa shape index (κ2) is 10.4. The molecule has 2 aromatic carbocycles. The molecule has 4 rings (SSSR count). The Labute approximate surface area is 202 Å². The Morgan fingerprint density at radius 3 is 2.68 bits per heavy atom. The van der Waals surface area contributed by atoms with Gasteiger partial charge in [0.05, 0.1) is 37.7 Å². The van der Waals surface area contributed by atoms with Crippen LogP contribution in [0.4, 0.5) is 5.69 Å². The monoisotopic (exact) mass is 475 g/mol. The number of carbonyl (C=O) groups excluding carboxylic acids is 1. The Bertz CT molecular complexity index is 1380. The highest BCUT2D eigenvalue weighted by molar-refractivity contribution is 7.80. The van der Waals surface area contributed by atoms with Crippen molar-refractivity contribution in [3.05, 3.63) is 99.7 Å². The quantitative estimate of drug-likeness (QED) is 0.291. The number of pyridine rings is 1. The topological polar surface area (TPSA) is 87.6 Å². The number of ether oxygens (including phenoxy) is 1. The molecule has 2 aromatic heterocycles. The molecule has 0 amide bonds. The molecule has 0 aliphatic heterocycles. The largest absolute Gasteiger partial charge is 0.467 e. The normalized spacial score (nSPS) is 10.8. The van der Waals surface area contributed by atoms with Gasteiger partial charge in [-0.1, -0.05) is 25.1 Å². The number of hydrogen-bond donors (Lipinski definition) is 2. The van der Waals surface area contributed by atoms with Gasteiger partial charge in [-0.05, 0) is 72.1 Å². The first-order chi connectivity index (χ1) is 16.5. The summed E-state index contributed by atoms with van der Waals surface area (Å²) in [6.45, 7) is 2.68. The van der Waals surface area contributed by atoms with Gasteiger partial charge in [0, 0.05) is 11.1 Å². The maximum atomic E-state index is 12.9. The number of rotatable bonds is 7. The summed E-state index contributed by atoms with van der Waals surface area (Å²) < 4.78 is 10.4. The van der Waals surface area contributed by atoms with Gasteiger partial charge in [0.25, 0.3) is 5.56 Å². The SMILES string of the molecule is CCc1ccc2[nH]c(=O)c(CN(Cc3ccco3)C(=S)Nc3ccccc3C(=O)OC)cc2c1. The van der Waals surface area contributed by atoms with Gasteiger partial charge in [0.2, 0.25) is 0 Å². The van der Waals surface area contributed by atoms with Gasteiger partial charge in [-0.2, -0.15) is 0 Å². The Hall–Kier alpha value is -3.91. The highest BCUT2D eigenvalue weighted by atomic mass is 32.1. The van der Waals surface area contributed by atoms with Crippen LogP contribution >= 0.6 is 12.2 Å². The lowest BCUT2D eigenvalue weighted by Gasteiger charge is -2.25. The lowest BCUT2D eigenvalue weighted by atomic mass is 10.1. The molecule has 0 spiro atoms. The molecule has 2 N–H and O–H groups in total. The first kappa shape index (κ1) is 23.3. The van der Waals surface area contributed by atoms with Crippen LogP contribution in [0.15, 0.2) is 76.1 Å². The third-order valence-corrected chi connectivity index (χ3v) is 5.90. The van der Waals surface area contributed by atoms with Gasteiger partial charge in [0.1, 0.15) is 5.76 Å². The molecule has 0 bridgehead atoms. The van der Waals surface area contributed by atoms with Crippen LogP contribution in [0.3, 0.4) is 0 Å². The number of furan rings is 1. The first-order valence-electron chi connectivity index (χ1n) is 10.9. The second-order valence-corrected chi connectivity index (χ2v) is 8.19. The van der Waals surface area contributed by atoms with Crippen LogP contribution in [-0.4, -0.2) is 28.1 Å². The van der Waals surface area contributed by atoms with E-state index in [0.717, 1.165) is 17.3 Å². The number of aromatic amines is 1. The van der Waals surface area contributed by atoms with Gasteiger partial charge in [-0.3, -0.25) is 4.79 Å². The van der Waals surface area contributed by atoms with Gasteiger partial charge < -0.3 is 24.4 Å². The maximum Gasteiger partial charge on any atom is 0.339 e. The van der Waals surface area contributed by atoms with Crippen LogP contribution in [0.1, 0.15) is 34.2 Å². The summed E-state index contributed by atoms with van der Waals surface area (Å²) in [5, 5.41) is 4.44. The predicted octanol–water partition coefficient (Wildman–Crippen LogP) is 4.87. The molecule has 0 aliphatic rings. The van der Waals surface area contributed by atoms with E-state index in [0.29, 0.717) is 34.2 Å². The van der Waals surface area contributed by atoms with Crippen molar-refractivity contribution in [2.45, 2.75) is 26.4 Å². The number of methoxy groups -OCH3 is 1. The van der Waals surface area contributed by atoms with E-state index < -0.39 is 5.97 Å². The number of esters is 1. The van der Waals surface area contributed by atoms with Crippen molar-refractivity contribution in [3.63, 3.8) is 0 Å². The predicted molar refractivity (Wildman–Crippen MR) is 136 cm³/mol. The zero-order valence-corrected chi connectivity index (χ0v) is 19.8. The number of para-hydroxylation sites is 1. The molecule has 7 nitrogen and oxygen atoms in total. The molecule has 4 aromatic rings. The minimum Gasteiger partial charge on any atom is -0.467 e. The van der Waals surface area contributed by atoms with E-state index in [1.165, 1.54) is 12.7 Å². The molecule has 0 saturated heterocycles. The smallest absolute Gasteiger partial charge is 0.339 e. The summed E-state index contributed by atoms with van der Waals surface area (Å²) in [6, 6.07) is 18.5. The summed E-state index contributed by atoms with van der Waals surface area (Å²) in [7, 11) is 1.33. The molecular formula is C26H25N3O4S. The summed E-state index contributed by atoms with van der Waals surface area (Å²) >= 11 is 5.70. The zero-order valence-electron chi connectivity index (χ0n) is 19.0. The third-order valence-electron chi connectivity index (χ3n) is 5.54. The molecule has 174 valence electrons. The summed E-state index contributed by atoms with van der Waals surface area (Å²) in [5.74, 6) is 0.220. The first-order valence-corrected chi connectivity index (χ1v) is 11.3. The number of carbonyl (C=O) groups is 1. The van der Waals surface area contributed by atoms with E-state index in [2.05, 4.69) is 23.3 Å². The van der Waals surface area contributed by atoms with E-state index in [1.807, 2.05) is 29.2 Å². The molecule has 0 radical (unpaired) electrons. The van der Waals surface area contributed by atoms with Gasteiger partial charge in [-0.15, -0.1) is 0 Å². The van der Waals surface area contributed by atoms with Crippen molar-refractivity contribution >= 4 is 39.9 Å². The van der Waals surface area contributed by atoms with E-state index in [-0.39, 0.29) is 12.1 Å². The molecule has 0 unspecified atom stereocenters. The molecule has 34 heavy (non-hydrogen) atoms. The second-order valence-electron chi connectivity index (χ2n) is 7.80. The number of aromatic nitrogens is 1. The summed E-state index contributed by atoms with van der Waals surface area (Å²) in [6.07, 6.45) is 2.49. The number of fused-ring (bicyclic) bond motifs is 1. The van der Waals surface area contributed by atoms with Crippen LogP contribution in [0.2, 0.25) is 0 Å². The standard InChI is InChI=1S/C26H25N3O4S/c1-3-17-10-11-22-18(13-17)14-19(24(30)27-22)15-29(16-20-7-6-12-33-20)26(34)28-23-9-5-4-8-21(23)25(31)32-2/h4-14H,3,15-16H2,1-2H3,(H,27,30)(H,28,34). The molecule has 0 fully saturated rings. The van der Waals surface area contributed by atoms with Crippen LogP contribution in [0.25, 0.3) is 10.9 Å². The zero-order chi connectivity index (χ0) is 24.1. The Morgan fingerprint density at radius 1 is 1.12 bits per heavy atom. The van der Waals surface area contributed by atoms with Crippen molar-refractivity contribution in [1.82, 2.24) is 9.88 Å². The molecular weight excluding hydrogens is 450 g/mol. The Morgan fingerprint density at radius 2 is 1.94 bits per heavy atom. The van der Waals surface area contributed by atoms with Crippen molar-refractivity contribution in [2.24, 2.45) is 0 Å². The highest BCUT2D eigenvalue weighted by Gasteiger charge is 2.18. The van der Waals surface area contributed by atoms with Gasteiger partial charge >= 0.3 is 5.97 Å². The fourth-order valence-electron chi connectivity index (χ4n) is 3.71. The molecule has 2 heterocycles. The number of nitrogens with one attached hydrogen (secondary N) is 2. The minimum absolute atomic E-state index is 0.182. The number of H-pyrrole nitrogens is 1. The summed E-state index contributed by atoms with van der Waals surface area (Å²) in [5.41, 5.74) is 3.24. The fraction of sp³-hybridized carbons (Fsp3) is 0.192. The number of nitrogens with zero attached hydrogens (tertiary/aromatic N) is 1. The third kappa shape index (κ3) is 5.18. The van der Waals surface area contributed by atoms with E-state index in [9.17, 15) is 9.59 Å².